The van der Waals surface area contributed by atoms with E-state index in [-0.39, 0.29) is 18.4 Å². The van der Waals surface area contributed by atoms with Crippen LogP contribution in [0.5, 0.6) is 11.5 Å². The van der Waals surface area contributed by atoms with Crippen LogP contribution in [-0.2, 0) is 4.79 Å². The summed E-state index contributed by atoms with van der Waals surface area (Å²) in [5.74, 6) is 0.760. The predicted octanol–water partition coefficient (Wildman–Crippen LogP) is 3.03. The number of rotatable bonds is 5. The van der Waals surface area contributed by atoms with Crippen molar-refractivity contribution in [3.63, 3.8) is 0 Å². The number of carboxylic acids is 1. The molecule has 104 valence electrons. The van der Waals surface area contributed by atoms with Crippen molar-refractivity contribution in [3.8, 4) is 11.5 Å². The summed E-state index contributed by atoms with van der Waals surface area (Å²) in [5.41, 5.74) is 1.11. The molecule has 0 spiro atoms. The number of carboxylic acid groups (broad SMARTS) is 1. The summed E-state index contributed by atoms with van der Waals surface area (Å²) in [6.45, 7) is 2.00. The molecule has 1 aliphatic carbocycles. The van der Waals surface area contributed by atoms with E-state index in [0.717, 1.165) is 24.8 Å². The van der Waals surface area contributed by atoms with Crippen LogP contribution in [0, 0.1) is 12.8 Å². The van der Waals surface area contributed by atoms with Crippen molar-refractivity contribution in [1.29, 1.82) is 0 Å². The van der Waals surface area contributed by atoms with E-state index in [9.17, 15) is 4.79 Å². The molecule has 19 heavy (non-hydrogen) atoms. The number of carbonyl (C=O) groups is 1. The molecule has 0 heterocycles. The predicted molar refractivity (Wildman–Crippen MR) is 71.7 cm³/mol. The maximum atomic E-state index is 10.8. The molecule has 0 saturated heterocycles. The van der Waals surface area contributed by atoms with E-state index in [4.69, 9.17) is 14.6 Å². The van der Waals surface area contributed by atoms with Crippen molar-refractivity contribution in [2.24, 2.45) is 5.92 Å². The lowest BCUT2D eigenvalue weighted by atomic mass is 10.0. The first-order valence-corrected chi connectivity index (χ1v) is 6.63. The highest BCUT2D eigenvalue weighted by Crippen LogP contribution is 2.35. The van der Waals surface area contributed by atoms with E-state index < -0.39 is 5.97 Å². The molecule has 1 aliphatic rings. The topological polar surface area (TPSA) is 55.8 Å². The summed E-state index contributed by atoms with van der Waals surface area (Å²) in [6.07, 6.45) is 3.02. The molecule has 4 nitrogen and oxygen atoms in total. The van der Waals surface area contributed by atoms with Crippen LogP contribution in [0.4, 0.5) is 0 Å². The first kappa shape index (κ1) is 13.7. The van der Waals surface area contributed by atoms with Gasteiger partial charge in [-0.2, -0.15) is 0 Å². The summed E-state index contributed by atoms with van der Waals surface area (Å²) in [7, 11) is 1.62. The number of methoxy groups -OCH3 is 1. The molecule has 1 N–H and O–H groups in total. The molecular formula is C15H20O4. The maximum Gasteiger partial charge on any atom is 0.303 e. The average Bonchev–Trinajstić information content (AvgIpc) is 2.78. The van der Waals surface area contributed by atoms with E-state index in [1.54, 1.807) is 7.11 Å². The second kappa shape index (κ2) is 5.95. The van der Waals surface area contributed by atoms with Crippen LogP contribution in [0.25, 0.3) is 0 Å². The summed E-state index contributed by atoms with van der Waals surface area (Å²) in [4.78, 5) is 10.8. The van der Waals surface area contributed by atoms with Gasteiger partial charge in [-0.3, -0.25) is 4.79 Å². The van der Waals surface area contributed by atoms with Gasteiger partial charge in [0.05, 0.1) is 13.5 Å². The lowest BCUT2D eigenvalue weighted by Crippen LogP contribution is -2.23. The Morgan fingerprint density at radius 1 is 1.37 bits per heavy atom. The van der Waals surface area contributed by atoms with Crippen molar-refractivity contribution in [2.75, 3.05) is 7.11 Å². The Kier molecular flexibility index (Phi) is 4.30. The normalized spacial score (nSPS) is 22.2. The van der Waals surface area contributed by atoms with Crippen LogP contribution in [0.15, 0.2) is 18.2 Å². The Morgan fingerprint density at radius 3 is 2.84 bits per heavy atom. The lowest BCUT2D eigenvalue weighted by molar-refractivity contribution is -0.138. The number of hydrogen-bond acceptors (Lipinski definition) is 3. The van der Waals surface area contributed by atoms with Crippen LogP contribution < -0.4 is 9.47 Å². The highest BCUT2D eigenvalue weighted by molar-refractivity contribution is 5.67. The van der Waals surface area contributed by atoms with Gasteiger partial charge in [-0.15, -0.1) is 0 Å². The van der Waals surface area contributed by atoms with Crippen molar-refractivity contribution < 1.29 is 19.4 Å². The Bertz CT molecular complexity index is 455. The zero-order chi connectivity index (χ0) is 13.8. The molecule has 1 fully saturated rings. The molecule has 1 aromatic carbocycles. The van der Waals surface area contributed by atoms with E-state index in [2.05, 4.69) is 0 Å². The summed E-state index contributed by atoms with van der Waals surface area (Å²) in [6, 6.07) is 5.79. The van der Waals surface area contributed by atoms with Crippen molar-refractivity contribution in [3.05, 3.63) is 23.8 Å². The third-order valence-corrected chi connectivity index (χ3v) is 3.62. The molecule has 0 amide bonds. The second-order valence-corrected chi connectivity index (χ2v) is 5.10. The zero-order valence-electron chi connectivity index (χ0n) is 11.4. The summed E-state index contributed by atoms with van der Waals surface area (Å²) >= 11 is 0. The van der Waals surface area contributed by atoms with Crippen LogP contribution in [0.2, 0.25) is 0 Å². The first-order chi connectivity index (χ1) is 9.10. The fourth-order valence-corrected chi connectivity index (χ4v) is 2.65. The minimum absolute atomic E-state index is 0.0206. The third kappa shape index (κ3) is 3.40. The molecule has 2 atom stereocenters. The van der Waals surface area contributed by atoms with Gasteiger partial charge >= 0.3 is 5.97 Å². The van der Waals surface area contributed by atoms with Crippen LogP contribution >= 0.6 is 0 Å². The smallest absolute Gasteiger partial charge is 0.303 e. The maximum absolute atomic E-state index is 10.8. The quantitative estimate of drug-likeness (QED) is 0.888. The molecule has 0 radical (unpaired) electrons. The number of aliphatic carboxylic acids is 1. The number of ether oxygens (including phenoxy) is 2. The summed E-state index contributed by atoms with van der Waals surface area (Å²) < 4.78 is 11.3. The molecule has 2 rings (SSSR count). The van der Waals surface area contributed by atoms with Crippen molar-refractivity contribution in [1.82, 2.24) is 0 Å². The molecule has 4 heteroatoms. The highest BCUT2D eigenvalue weighted by Gasteiger charge is 2.31. The van der Waals surface area contributed by atoms with Gasteiger partial charge in [-0.1, -0.05) is 6.07 Å². The van der Waals surface area contributed by atoms with E-state index >= 15 is 0 Å². The second-order valence-electron chi connectivity index (χ2n) is 5.10. The monoisotopic (exact) mass is 264 g/mol. The highest BCUT2D eigenvalue weighted by atomic mass is 16.5. The van der Waals surface area contributed by atoms with Gasteiger partial charge in [0, 0.05) is 5.92 Å². The van der Waals surface area contributed by atoms with E-state index in [1.807, 2.05) is 25.1 Å². The van der Waals surface area contributed by atoms with Crippen molar-refractivity contribution >= 4 is 5.97 Å². The fourth-order valence-electron chi connectivity index (χ4n) is 2.65. The first-order valence-electron chi connectivity index (χ1n) is 6.63. The van der Waals surface area contributed by atoms with Gasteiger partial charge in [-0.05, 0) is 43.9 Å². The van der Waals surface area contributed by atoms with Crippen LogP contribution in [0.3, 0.4) is 0 Å². The number of hydrogen-bond donors (Lipinski definition) is 1. The number of benzene rings is 1. The Morgan fingerprint density at radius 2 is 2.16 bits per heavy atom. The van der Waals surface area contributed by atoms with E-state index in [0.29, 0.717) is 11.5 Å². The standard InChI is InChI=1S/C15H20O4/c1-10-6-7-13(14(8-10)18-2)19-12-5-3-4-11(12)9-15(16)17/h6-8,11-12H,3-5,9H2,1-2H3,(H,16,17). The van der Waals surface area contributed by atoms with Crippen molar-refractivity contribution in [2.45, 2.75) is 38.7 Å². The fraction of sp³-hybridized carbons (Fsp3) is 0.533. The van der Waals surface area contributed by atoms with Gasteiger partial charge in [0.1, 0.15) is 6.10 Å². The molecule has 0 aliphatic heterocycles. The van der Waals surface area contributed by atoms with Gasteiger partial charge in [0.15, 0.2) is 11.5 Å². The molecule has 1 saturated carbocycles. The van der Waals surface area contributed by atoms with Gasteiger partial charge in [0.2, 0.25) is 0 Å². The summed E-state index contributed by atoms with van der Waals surface area (Å²) in [5, 5.41) is 8.91. The molecule has 1 aromatic rings. The van der Waals surface area contributed by atoms with Gasteiger partial charge < -0.3 is 14.6 Å². The molecular weight excluding hydrogens is 244 g/mol. The number of aryl methyl sites for hydroxylation is 1. The van der Waals surface area contributed by atoms with Gasteiger partial charge in [-0.25, -0.2) is 0 Å². The minimum atomic E-state index is -0.753. The zero-order valence-corrected chi connectivity index (χ0v) is 11.4. The third-order valence-electron chi connectivity index (χ3n) is 3.62. The molecule has 0 aromatic heterocycles. The largest absolute Gasteiger partial charge is 0.493 e. The van der Waals surface area contributed by atoms with E-state index in [1.165, 1.54) is 0 Å². The molecule has 0 bridgehead atoms. The minimum Gasteiger partial charge on any atom is -0.493 e. The van der Waals surface area contributed by atoms with Gasteiger partial charge in [0.25, 0.3) is 0 Å². The lowest BCUT2D eigenvalue weighted by Gasteiger charge is -2.21. The molecule has 2 unspecified atom stereocenters. The Hall–Kier alpha value is -1.71. The Balaban J connectivity index is 2.09. The van der Waals surface area contributed by atoms with Crippen LogP contribution in [0.1, 0.15) is 31.2 Å². The Labute approximate surface area is 113 Å². The average molecular weight is 264 g/mol. The van der Waals surface area contributed by atoms with Crippen LogP contribution in [-0.4, -0.2) is 24.3 Å². The SMILES string of the molecule is COc1cc(C)ccc1OC1CCCC1CC(=O)O.